The van der Waals surface area contributed by atoms with E-state index in [1.165, 1.54) is 12.1 Å². The molecule has 0 aliphatic carbocycles. The Bertz CT molecular complexity index is 245. The molecule has 0 aliphatic rings. The van der Waals surface area contributed by atoms with Crippen molar-refractivity contribution in [1.29, 1.82) is 0 Å². The molecule has 65 valence electrons. The molecule has 1 radical (unpaired) electrons. The molecular formula is C9H8F3. The molecule has 0 bridgehead atoms. The van der Waals surface area contributed by atoms with E-state index in [0.717, 1.165) is 17.7 Å². The molecule has 0 amide bonds. The maximum atomic E-state index is 12.0. The Hall–Kier alpha value is -0.990. The van der Waals surface area contributed by atoms with Gasteiger partial charge in [0.05, 0.1) is 5.56 Å². The number of hydrogen-bond donors (Lipinski definition) is 0. The molecule has 1 rings (SSSR count). The zero-order chi connectivity index (χ0) is 9.19. The topological polar surface area (TPSA) is 0 Å². The monoisotopic (exact) mass is 173 g/mol. The average Bonchev–Trinajstić information content (AvgIpc) is 2.03. The van der Waals surface area contributed by atoms with E-state index >= 15 is 0 Å². The molecule has 0 saturated carbocycles. The molecule has 0 saturated heterocycles. The van der Waals surface area contributed by atoms with Crippen LogP contribution in [-0.2, 0) is 6.18 Å². The van der Waals surface area contributed by atoms with Crippen LogP contribution in [0.2, 0.25) is 0 Å². The Balaban J connectivity index is 2.93. The summed E-state index contributed by atoms with van der Waals surface area (Å²) in [6, 6.07) is 5.05. The summed E-state index contributed by atoms with van der Waals surface area (Å²) in [4.78, 5) is 0. The lowest BCUT2D eigenvalue weighted by atomic mass is 10.1. The van der Waals surface area contributed by atoms with E-state index in [2.05, 4.69) is 0 Å². The van der Waals surface area contributed by atoms with E-state index in [1.54, 1.807) is 13.3 Å². The average molecular weight is 173 g/mol. The van der Waals surface area contributed by atoms with E-state index < -0.39 is 11.7 Å². The van der Waals surface area contributed by atoms with E-state index in [4.69, 9.17) is 0 Å². The third kappa shape index (κ3) is 2.00. The van der Waals surface area contributed by atoms with Crippen LogP contribution in [0.5, 0.6) is 0 Å². The minimum absolute atomic E-state index is 0.604. The normalized spacial score (nSPS) is 11.7. The van der Waals surface area contributed by atoms with Gasteiger partial charge in [-0.1, -0.05) is 19.1 Å². The predicted octanol–water partition coefficient (Wildman–Crippen LogP) is 3.28. The first-order valence-electron chi connectivity index (χ1n) is 3.50. The molecule has 0 heterocycles. The van der Waals surface area contributed by atoms with Crippen molar-refractivity contribution in [3.63, 3.8) is 0 Å². The highest BCUT2D eigenvalue weighted by atomic mass is 19.4. The van der Waals surface area contributed by atoms with E-state index in [0.29, 0.717) is 0 Å². The van der Waals surface area contributed by atoms with Crippen LogP contribution < -0.4 is 0 Å². The van der Waals surface area contributed by atoms with Gasteiger partial charge >= 0.3 is 6.18 Å². The van der Waals surface area contributed by atoms with Gasteiger partial charge in [0.2, 0.25) is 0 Å². The van der Waals surface area contributed by atoms with Gasteiger partial charge in [-0.15, -0.1) is 0 Å². The maximum absolute atomic E-state index is 12.0. The van der Waals surface area contributed by atoms with E-state index in [9.17, 15) is 13.2 Å². The lowest BCUT2D eigenvalue weighted by Gasteiger charge is -2.06. The van der Waals surface area contributed by atoms with Gasteiger partial charge in [0.25, 0.3) is 0 Å². The minimum Gasteiger partial charge on any atom is -0.166 e. The standard InChI is InChI=1S/C9H8F3/c1-2-7-3-5-8(6-4-7)9(10,11)12/h2-6H,1H3. The lowest BCUT2D eigenvalue weighted by Crippen LogP contribution is -2.04. The van der Waals surface area contributed by atoms with Crippen LogP contribution >= 0.6 is 0 Å². The number of benzene rings is 1. The summed E-state index contributed by atoms with van der Waals surface area (Å²) in [6.07, 6.45) is -2.48. The largest absolute Gasteiger partial charge is 0.416 e. The van der Waals surface area contributed by atoms with Gasteiger partial charge in [-0.05, 0) is 24.1 Å². The third-order valence-corrected chi connectivity index (χ3v) is 1.57. The van der Waals surface area contributed by atoms with Gasteiger partial charge in [0.1, 0.15) is 0 Å². The van der Waals surface area contributed by atoms with Crippen LogP contribution in [-0.4, -0.2) is 0 Å². The van der Waals surface area contributed by atoms with Gasteiger partial charge in [0, 0.05) is 0 Å². The predicted molar refractivity (Wildman–Crippen MR) is 40.5 cm³/mol. The Labute approximate surface area is 69.0 Å². The molecule has 1 aromatic rings. The lowest BCUT2D eigenvalue weighted by molar-refractivity contribution is -0.137. The fraction of sp³-hybridized carbons (Fsp3) is 0.222. The Morgan fingerprint density at radius 1 is 1.08 bits per heavy atom. The fourth-order valence-corrected chi connectivity index (χ4v) is 0.865. The molecular weight excluding hydrogens is 165 g/mol. The third-order valence-electron chi connectivity index (χ3n) is 1.57. The van der Waals surface area contributed by atoms with Crippen LogP contribution in [0.3, 0.4) is 0 Å². The highest BCUT2D eigenvalue weighted by Gasteiger charge is 2.29. The molecule has 0 fully saturated rings. The van der Waals surface area contributed by atoms with Gasteiger partial charge < -0.3 is 0 Å². The second-order valence-corrected chi connectivity index (χ2v) is 2.41. The van der Waals surface area contributed by atoms with Crippen LogP contribution in [0.15, 0.2) is 24.3 Å². The summed E-state index contributed by atoms with van der Waals surface area (Å²) >= 11 is 0. The van der Waals surface area contributed by atoms with Crippen molar-refractivity contribution < 1.29 is 13.2 Å². The van der Waals surface area contributed by atoms with Gasteiger partial charge in [-0.3, -0.25) is 0 Å². The smallest absolute Gasteiger partial charge is 0.166 e. The molecule has 0 atom stereocenters. The first kappa shape index (κ1) is 9.10. The summed E-state index contributed by atoms with van der Waals surface area (Å²) in [5.41, 5.74) is 0.191. The van der Waals surface area contributed by atoms with Crippen LogP contribution in [0.25, 0.3) is 0 Å². The molecule has 0 spiro atoms. The fourth-order valence-electron chi connectivity index (χ4n) is 0.865. The Morgan fingerprint density at radius 3 is 1.92 bits per heavy atom. The molecule has 12 heavy (non-hydrogen) atoms. The maximum Gasteiger partial charge on any atom is 0.416 e. The summed E-state index contributed by atoms with van der Waals surface area (Å²) in [5, 5.41) is 0. The Kier molecular flexibility index (Phi) is 2.40. The van der Waals surface area contributed by atoms with E-state index in [1.807, 2.05) is 0 Å². The van der Waals surface area contributed by atoms with Gasteiger partial charge in [0.15, 0.2) is 0 Å². The zero-order valence-corrected chi connectivity index (χ0v) is 6.52. The van der Waals surface area contributed by atoms with Gasteiger partial charge in [-0.2, -0.15) is 13.2 Å². The molecule has 0 unspecified atom stereocenters. The number of rotatable bonds is 1. The zero-order valence-electron chi connectivity index (χ0n) is 6.52. The number of alkyl halides is 3. The highest BCUT2D eigenvalue weighted by Crippen LogP contribution is 2.29. The van der Waals surface area contributed by atoms with Crippen molar-refractivity contribution in [2.45, 2.75) is 13.1 Å². The van der Waals surface area contributed by atoms with Crippen molar-refractivity contribution in [2.75, 3.05) is 0 Å². The van der Waals surface area contributed by atoms with Crippen molar-refractivity contribution in [3.05, 3.63) is 41.8 Å². The van der Waals surface area contributed by atoms with Crippen molar-refractivity contribution >= 4 is 0 Å². The van der Waals surface area contributed by atoms with Crippen molar-refractivity contribution in [1.82, 2.24) is 0 Å². The summed E-state index contributed by atoms with van der Waals surface area (Å²) in [7, 11) is 0. The number of halogens is 3. The van der Waals surface area contributed by atoms with Crippen molar-refractivity contribution in [3.8, 4) is 0 Å². The summed E-state index contributed by atoms with van der Waals surface area (Å²) < 4.78 is 36.0. The van der Waals surface area contributed by atoms with Crippen LogP contribution in [0.1, 0.15) is 18.1 Å². The van der Waals surface area contributed by atoms with E-state index in [-0.39, 0.29) is 0 Å². The first-order valence-corrected chi connectivity index (χ1v) is 3.50. The van der Waals surface area contributed by atoms with Crippen LogP contribution in [0.4, 0.5) is 13.2 Å². The Morgan fingerprint density at radius 2 is 1.58 bits per heavy atom. The second-order valence-electron chi connectivity index (χ2n) is 2.41. The summed E-state index contributed by atoms with van der Waals surface area (Å²) in [5.74, 6) is 0. The first-order chi connectivity index (χ1) is 5.54. The molecule has 0 aliphatic heterocycles. The molecule has 1 aromatic carbocycles. The van der Waals surface area contributed by atoms with Gasteiger partial charge in [-0.25, -0.2) is 0 Å². The molecule has 0 N–H and O–H groups in total. The molecule has 0 aromatic heterocycles. The van der Waals surface area contributed by atoms with Crippen molar-refractivity contribution in [2.24, 2.45) is 0 Å². The van der Waals surface area contributed by atoms with Crippen LogP contribution in [0, 0.1) is 6.42 Å². The highest BCUT2D eigenvalue weighted by molar-refractivity contribution is 5.28. The molecule has 3 heteroatoms. The second kappa shape index (κ2) is 3.17. The quantitative estimate of drug-likeness (QED) is 0.611. The summed E-state index contributed by atoms with van der Waals surface area (Å²) in [6.45, 7) is 1.78. The minimum atomic E-state index is -4.23. The SMILES string of the molecule is C[CH]c1ccc(C(F)(F)F)cc1. The number of hydrogen-bond acceptors (Lipinski definition) is 0. The molecule has 0 nitrogen and oxygen atoms in total.